The number of nitrogens with two attached hydrogens (primary N) is 1. The zero-order valence-corrected chi connectivity index (χ0v) is 13.8. The topological polar surface area (TPSA) is 67.1 Å². The van der Waals surface area contributed by atoms with Gasteiger partial charge in [0, 0.05) is 38.6 Å². The van der Waals surface area contributed by atoms with Crippen molar-refractivity contribution in [2.75, 3.05) is 25.4 Å². The van der Waals surface area contributed by atoms with Crippen LogP contribution < -0.4 is 11.1 Å². The van der Waals surface area contributed by atoms with Crippen molar-refractivity contribution in [3.05, 3.63) is 40.4 Å². The number of rotatable bonds is 6. The van der Waals surface area contributed by atoms with E-state index in [0.717, 1.165) is 44.0 Å². The highest BCUT2D eigenvalue weighted by Gasteiger charge is 2.17. The first-order valence-electron chi connectivity index (χ1n) is 7.81. The summed E-state index contributed by atoms with van der Waals surface area (Å²) in [6.45, 7) is 6.45. The van der Waals surface area contributed by atoms with Crippen molar-refractivity contribution in [2.45, 2.75) is 32.4 Å². The largest absolute Gasteiger partial charge is 0.374 e. The Balaban J connectivity index is 1.42. The number of hydrogen-bond donors (Lipinski definition) is 2. The molecule has 6 heteroatoms. The second kappa shape index (κ2) is 7.17. The fourth-order valence-electron chi connectivity index (χ4n) is 2.95. The lowest BCUT2D eigenvalue weighted by molar-refractivity contribution is 0.230. The third kappa shape index (κ3) is 4.03. The Labute approximate surface area is 135 Å². The Morgan fingerprint density at radius 2 is 2.14 bits per heavy atom. The molecule has 0 fully saturated rings. The van der Waals surface area contributed by atoms with Gasteiger partial charge >= 0.3 is 0 Å². The molecule has 0 saturated heterocycles. The summed E-state index contributed by atoms with van der Waals surface area (Å²) in [6, 6.07) is 9.24. The van der Waals surface area contributed by atoms with E-state index >= 15 is 0 Å². The third-order valence-electron chi connectivity index (χ3n) is 4.06. The highest BCUT2D eigenvalue weighted by Crippen LogP contribution is 2.18. The van der Waals surface area contributed by atoms with E-state index in [1.807, 2.05) is 0 Å². The smallest absolute Gasteiger partial charge is 0.203 e. The molecule has 1 aromatic heterocycles. The van der Waals surface area contributed by atoms with Crippen molar-refractivity contribution in [3.63, 3.8) is 0 Å². The van der Waals surface area contributed by atoms with E-state index in [4.69, 9.17) is 5.73 Å². The molecule has 1 aromatic carbocycles. The highest BCUT2D eigenvalue weighted by molar-refractivity contribution is 7.15. The van der Waals surface area contributed by atoms with Gasteiger partial charge in [0.25, 0.3) is 0 Å². The van der Waals surface area contributed by atoms with Crippen LogP contribution in [0.1, 0.15) is 23.1 Å². The van der Waals surface area contributed by atoms with Gasteiger partial charge in [-0.25, -0.2) is 0 Å². The molecule has 5 nitrogen and oxygen atoms in total. The monoisotopic (exact) mass is 317 g/mol. The second-order valence-corrected chi connectivity index (χ2v) is 6.99. The van der Waals surface area contributed by atoms with Crippen molar-refractivity contribution in [1.82, 2.24) is 20.4 Å². The fraction of sp³-hybridized carbons (Fsp3) is 0.500. The van der Waals surface area contributed by atoms with Gasteiger partial charge in [0.15, 0.2) is 0 Å². The second-order valence-electron chi connectivity index (χ2n) is 5.89. The maximum Gasteiger partial charge on any atom is 0.203 e. The maximum atomic E-state index is 5.59. The van der Waals surface area contributed by atoms with Crippen molar-refractivity contribution in [1.29, 1.82) is 0 Å². The molecule has 0 bridgehead atoms. The summed E-state index contributed by atoms with van der Waals surface area (Å²) in [5, 5.41) is 13.0. The van der Waals surface area contributed by atoms with Gasteiger partial charge in [-0.1, -0.05) is 35.6 Å². The fourth-order valence-corrected chi connectivity index (χ4v) is 3.56. The quantitative estimate of drug-likeness (QED) is 0.849. The van der Waals surface area contributed by atoms with Gasteiger partial charge in [0.05, 0.1) is 0 Å². The van der Waals surface area contributed by atoms with Crippen LogP contribution in [0.15, 0.2) is 24.3 Å². The van der Waals surface area contributed by atoms with Gasteiger partial charge in [-0.15, -0.1) is 10.2 Å². The van der Waals surface area contributed by atoms with E-state index in [1.54, 1.807) is 0 Å². The average Bonchev–Trinajstić information content (AvgIpc) is 2.92. The number of hydrogen-bond acceptors (Lipinski definition) is 6. The van der Waals surface area contributed by atoms with Gasteiger partial charge in [0.2, 0.25) is 5.13 Å². The zero-order chi connectivity index (χ0) is 15.4. The van der Waals surface area contributed by atoms with Crippen LogP contribution >= 0.6 is 11.3 Å². The Morgan fingerprint density at radius 1 is 1.32 bits per heavy atom. The molecule has 1 aliphatic heterocycles. The first-order chi connectivity index (χ1) is 10.7. The molecule has 0 amide bonds. The summed E-state index contributed by atoms with van der Waals surface area (Å²) in [7, 11) is 0. The van der Waals surface area contributed by atoms with Gasteiger partial charge in [0.1, 0.15) is 5.01 Å². The zero-order valence-electron chi connectivity index (χ0n) is 13.0. The lowest BCUT2D eigenvalue weighted by atomic mass is 10.00. The SMILES string of the molecule is CC(CN1CCc2ccccc2C1)NCCc1nnc(N)s1. The lowest BCUT2D eigenvalue weighted by Gasteiger charge is -2.31. The van der Waals surface area contributed by atoms with Crippen molar-refractivity contribution < 1.29 is 0 Å². The molecule has 0 saturated carbocycles. The molecule has 3 N–H and O–H groups in total. The first-order valence-corrected chi connectivity index (χ1v) is 8.63. The molecule has 1 unspecified atom stereocenters. The van der Waals surface area contributed by atoms with Crippen LogP contribution in [-0.2, 0) is 19.4 Å². The molecule has 0 spiro atoms. The maximum absolute atomic E-state index is 5.59. The number of aromatic nitrogens is 2. The summed E-state index contributed by atoms with van der Waals surface area (Å²) in [5.74, 6) is 0. The van der Waals surface area contributed by atoms with Crippen LogP contribution in [0.3, 0.4) is 0 Å². The van der Waals surface area contributed by atoms with Gasteiger partial charge in [-0.2, -0.15) is 0 Å². The van der Waals surface area contributed by atoms with E-state index in [2.05, 4.69) is 51.6 Å². The summed E-state index contributed by atoms with van der Waals surface area (Å²) in [6.07, 6.45) is 2.05. The van der Waals surface area contributed by atoms with Gasteiger partial charge < -0.3 is 11.1 Å². The minimum Gasteiger partial charge on any atom is -0.374 e. The minimum atomic E-state index is 0.468. The number of anilines is 1. The summed E-state index contributed by atoms with van der Waals surface area (Å²) in [4.78, 5) is 2.53. The third-order valence-corrected chi connectivity index (χ3v) is 4.87. The van der Waals surface area contributed by atoms with Gasteiger partial charge in [-0.05, 0) is 24.5 Å². The van der Waals surface area contributed by atoms with E-state index in [0.29, 0.717) is 11.2 Å². The van der Waals surface area contributed by atoms with E-state index in [-0.39, 0.29) is 0 Å². The number of nitrogens with one attached hydrogen (secondary N) is 1. The van der Waals surface area contributed by atoms with Crippen LogP contribution in [0.25, 0.3) is 0 Å². The summed E-state index contributed by atoms with van der Waals surface area (Å²) in [5.41, 5.74) is 8.58. The Bertz CT molecular complexity index is 612. The predicted octanol–water partition coefficient (Wildman–Crippen LogP) is 1.70. The van der Waals surface area contributed by atoms with Gasteiger partial charge in [-0.3, -0.25) is 4.90 Å². The van der Waals surface area contributed by atoms with Crippen molar-refractivity contribution in [2.24, 2.45) is 0 Å². The minimum absolute atomic E-state index is 0.468. The number of fused-ring (bicyclic) bond motifs is 1. The Kier molecular flexibility index (Phi) is 5.02. The summed E-state index contributed by atoms with van der Waals surface area (Å²) < 4.78 is 0. The summed E-state index contributed by atoms with van der Waals surface area (Å²) >= 11 is 1.47. The highest BCUT2D eigenvalue weighted by atomic mass is 32.1. The Hall–Kier alpha value is -1.50. The average molecular weight is 317 g/mol. The molecule has 1 atom stereocenters. The lowest BCUT2D eigenvalue weighted by Crippen LogP contribution is -2.42. The van der Waals surface area contributed by atoms with E-state index in [9.17, 15) is 0 Å². The molecule has 0 radical (unpaired) electrons. The first kappa shape index (κ1) is 15.4. The van der Waals surface area contributed by atoms with Crippen molar-refractivity contribution >= 4 is 16.5 Å². The Morgan fingerprint density at radius 3 is 2.91 bits per heavy atom. The molecule has 3 rings (SSSR count). The standard InChI is InChI=1S/C16H23N5S/c1-12(18-8-6-15-19-20-16(17)22-15)10-21-9-7-13-4-2-3-5-14(13)11-21/h2-5,12,18H,6-11H2,1H3,(H2,17,20). The number of nitrogen functional groups attached to an aromatic ring is 1. The molecule has 1 aliphatic rings. The predicted molar refractivity (Wildman–Crippen MR) is 90.9 cm³/mol. The number of nitrogens with zero attached hydrogens (tertiary/aromatic N) is 3. The van der Waals surface area contributed by atoms with E-state index in [1.165, 1.54) is 22.5 Å². The molecule has 22 heavy (non-hydrogen) atoms. The molecule has 2 aromatic rings. The van der Waals surface area contributed by atoms with Crippen molar-refractivity contribution in [3.8, 4) is 0 Å². The van der Waals surface area contributed by atoms with Crippen LogP contribution in [0, 0.1) is 0 Å². The van der Waals surface area contributed by atoms with Crippen LogP contribution in [0.5, 0.6) is 0 Å². The van der Waals surface area contributed by atoms with Crippen LogP contribution in [0.2, 0.25) is 0 Å². The molecular weight excluding hydrogens is 294 g/mol. The van der Waals surface area contributed by atoms with Crippen LogP contribution in [0.4, 0.5) is 5.13 Å². The normalized spacial score (nSPS) is 16.4. The van der Waals surface area contributed by atoms with Crippen LogP contribution in [-0.4, -0.2) is 40.8 Å². The molecule has 2 heterocycles. The molecule has 118 valence electrons. The molecular formula is C16H23N5S. The van der Waals surface area contributed by atoms with E-state index < -0.39 is 0 Å². The molecule has 0 aliphatic carbocycles. The number of benzene rings is 1.